The standard InChI is InChI=1S/C21H13N3O6/c25-22(26)16-7-1-13(2-8-16)19-20(14-3-9-17(10-4-14)23(27)28)21(19)15-5-11-18(12-6-15)24(29)30/h1-12,19H. The highest BCUT2D eigenvalue weighted by Crippen LogP contribution is 2.59. The summed E-state index contributed by atoms with van der Waals surface area (Å²) in [6.07, 6.45) is 0. The molecule has 4 rings (SSSR count). The largest absolute Gasteiger partial charge is 0.269 e. The van der Waals surface area contributed by atoms with Crippen LogP contribution in [0.2, 0.25) is 0 Å². The fraction of sp³-hybridized carbons (Fsp3) is 0.0476. The summed E-state index contributed by atoms with van der Waals surface area (Å²) >= 11 is 0. The van der Waals surface area contributed by atoms with E-state index < -0.39 is 14.8 Å². The van der Waals surface area contributed by atoms with Crippen LogP contribution in [-0.2, 0) is 0 Å². The van der Waals surface area contributed by atoms with E-state index in [2.05, 4.69) is 0 Å². The van der Waals surface area contributed by atoms with Gasteiger partial charge in [-0.25, -0.2) is 0 Å². The van der Waals surface area contributed by atoms with E-state index in [1.165, 1.54) is 36.4 Å². The summed E-state index contributed by atoms with van der Waals surface area (Å²) in [4.78, 5) is 31.4. The van der Waals surface area contributed by atoms with Gasteiger partial charge in [-0.15, -0.1) is 0 Å². The molecule has 0 N–H and O–H groups in total. The van der Waals surface area contributed by atoms with Crippen LogP contribution in [0.5, 0.6) is 0 Å². The first-order valence-electron chi connectivity index (χ1n) is 8.85. The normalized spacial score (nSPS) is 13.2. The lowest BCUT2D eigenvalue weighted by Crippen LogP contribution is -1.91. The van der Waals surface area contributed by atoms with Crippen molar-refractivity contribution in [1.29, 1.82) is 0 Å². The van der Waals surface area contributed by atoms with Crippen LogP contribution in [0.25, 0.3) is 11.1 Å². The molecule has 0 aliphatic heterocycles. The van der Waals surface area contributed by atoms with Crippen molar-refractivity contribution >= 4 is 28.2 Å². The smallest absolute Gasteiger partial charge is 0.258 e. The monoisotopic (exact) mass is 403 g/mol. The number of non-ortho nitro benzene ring substituents is 3. The Morgan fingerprint density at radius 2 is 0.800 bits per heavy atom. The predicted octanol–water partition coefficient (Wildman–Crippen LogP) is 5.12. The van der Waals surface area contributed by atoms with Crippen molar-refractivity contribution in [2.75, 3.05) is 0 Å². The first kappa shape index (κ1) is 18.9. The molecule has 0 radical (unpaired) electrons. The van der Waals surface area contributed by atoms with E-state index in [1.807, 2.05) is 0 Å². The summed E-state index contributed by atoms with van der Waals surface area (Å²) in [5, 5.41) is 32.8. The van der Waals surface area contributed by atoms with Gasteiger partial charge in [-0.1, -0.05) is 12.1 Å². The summed E-state index contributed by atoms with van der Waals surface area (Å²) in [6, 6.07) is 18.5. The minimum atomic E-state index is -0.476. The molecular weight excluding hydrogens is 390 g/mol. The SMILES string of the molecule is O=[N+]([O-])c1ccc(C2=C(c3ccc([N+](=O)[O-])cc3)C2c2ccc([N+](=O)[O-])cc2)cc1. The third kappa shape index (κ3) is 3.39. The molecule has 0 saturated carbocycles. The van der Waals surface area contributed by atoms with Gasteiger partial charge in [0.15, 0.2) is 0 Å². The number of allylic oxidation sites excluding steroid dienone is 2. The third-order valence-corrected chi connectivity index (χ3v) is 5.00. The van der Waals surface area contributed by atoms with Gasteiger partial charge in [0.05, 0.1) is 14.8 Å². The van der Waals surface area contributed by atoms with Crippen LogP contribution in [0, 0.1) is 30.3 Å². The van der Waals surface area contributed by atoms with E-state index in [0.717, 1.165) is 27.8 Å². The van der Waals surface area contributed by atoms with Gasteiger partial charge < -0.3 is 0 Å². The minimum absolute atomic E-state index is 0.0202. The maximum Gasteiger partial charge on any atom is 0.269 e. The molecule has 0 aromatic heterocycles. The molecule has 0 saturated heterocycles. The summed E-state index contributed by atoms with van der Waals surface area (Å²) in [5.74, 6) is -0.159. The topological polar surface area (TPSA) is 129 Å². The number of nitro groups is 3. The molecule has 0 fully saturated rings. The summed E-state index contributed by atoms with van der Waals surface area (Å²) < 4.78 is 0. The second-order valence-corrected chi connectivity index (χ2v) is 6.72. The number of benzene rings is 3. The van der Waals surface area contributed by atoms with Crippen molar-refractivity contribution in [2.24, 2.45) is 0 Å². The van der Waals surface area contributed by atoms with Crippen molar-refractivity contribution in [3.8, 4) is 0 Å². The number of hydrogen-bond acceptors (Lipinski definition) is 6. The zero-order chi connectivity index (χ0) is 21.4. The van der Waals surface area contributed by atoms with E-state index in [9.17, 15) is 30.3 Å². The van der Waals surface area contributed by atoms with Crippen molar-refractivity contribution in [3.63, 3.8) is 0 Å². The number of hydrogen-bond donors (Lipinski definition) is 0. The fourth-order valence-electron chi connectivity index (χ4n) is 3.51. The predicted molar refractivity (Wildman–Crippen MR) is 109 cm³/mol. The Hall–Kier alpha value is -4.40. The Balaban J connectivity index is 1.74. The van der Waals surface area contributed by atoms with Gasteiger partial charge in [0.25, 0.3) is 17.1 Å². The Bertz CT molecular complexity index is 1130. The number of nitrogens with zero attached hydrogens (tertiary/aromatic N) is 3. The lowest BCUT2D eigenvalue weighted by atomic mass is 10.0. The molecule has 0 amide bonds. The molecule has 0 bridgehead atoms. The molecule has 148 valence electrons. The summed E-state index contributed by atoms with van der Waals surface area (Å²) in [7, 11) is 0. The molecule has 0 atom stereocenters. The van der Waals surface area contributed by atoms with Crippen LogP contribution < -0.4 is 0 Å². The van der Waals surface area contributed by atoms with Crippen LogP contribution in [0.4, 0.5) is 17.1 Å². The summed E-state index contributed by atoms with van der Waals surface area (Å²) in [6.45, 7) is 0. The zero-order valence-electron chi connectivity index (χ0n) is 15.3. The van der Waals surface area contributed by atoms with E-state index in [4.69, 9.17) is 0 Å². The van der Waals surface area contributed by atoms with Gasteiger partial charge in [0, 0.05) is 42.3 Å². The Morgan fingerprint density at radius 3 is 1.10 bits per heavy atom. The van der Waals surface area contributed by atoms with Gasteiger partial charge in [0.1, 0.15) is 0 Å². The van der Waals surface area contributed by atoms with Crippen molar-refractivity contribution in [1.82, 2.24) is 0 Å². The molecule has 30 heavy (non-hydrogen) atoms. The highest BCUT2D eigenvalue weighted by atomic mass is 16.6. The highest BCUT2D eigenvalue weighted by molar-refractivity contribution is 6.15. The fourth-order valence-corrected chi connectivity index (χ4v) is 3.51. The Kier molecular flexibility index (Phi) is 4.55. The second-order valence-electron chi connectivity index (χ2n) is 6.72. The van der Waals surface area contributed by atoms with Gasteiger partial charge in [-0.3, -0.25) is 30.3 Å². The Morgan fingerprint density at radius 1 is 0.500 bits per heavy atom. The molecule has 9 nitrogen and oxygen atoms in total. The van der Waals surface area contributed by atoms with E-state index >= 15 is 0 Å². The molecule has 1 aliphatic rings. The van der Waals surface area contributed by atoms with Crippen molar-refractivity contribution < 1.29 is 14.8 Å². The maximum absolute atomic E-state index is 10.9. The van der Waals surface area contributed by atoms with E-state index in [1.54, 1.807) is 36.4 Å². The van der Waals surface area contributed by atoms with Crippen LogP contribution in [-0.4, -0.2) is 14.8 Å². The van der Waals surface area contributed by atoms with Crippen LogP contribution in [0.1, 0.15) is 22.6 Å². The maximum atomic E-state index is 10.9. The minimum Gasteiger partial charge on any atom is -0.258 e. The number of nitro benzene ring substituents is 3. The van der Waals surface area contributed by atoms with Gasteiger partial charge in [-0.2, -0.15) is 0 Å². The van der Waals surface area contributed by atoms with Gasteiger partial charge >= 0.3 is 0 Å². The molecule has 0 heterocycles. The van der Waals surface area contributed by atoms with E-state index in [0.29, 0.717) is 0 Å². The molecular formula is C21H13N3O6. The first-order valence-corrected chi connectivity index (χ1v) is 8.85. The van der Waals surface area contributed by atoms with Gasteiger partial charge in [0.2, 0.25) is 0 Å². The highest BCUT2D eigenvalue weighted by Gasteiger charge is 2.39. The first-order chi connectivity index (χ1) is 14.4. The van der Waals surface area contributed by atoms with Gasteiger partial charge in [-0.05, 0) is 52.1 Å². The molecule has 0 spiro atoms. The zero-order valence-corrected chi connectivity index (χ0v) is 15.3. The van der Waals surface area contributed by atoms with Crippen molar-refractivity contribution in [3.05, 3.63) is 120 Å². The molecule has 3 aromatic carbocycles. The second kappa shape index (κ2) is 7.21. The molecule has 0 unspecified atom stereocenters. The van der Waals surface area contributed by atoms with Crippen LogP contribution in [0.15, 0.2) is 72.8 Å². The lowest BCUT2D eigenvalue weighted by Gasteiger charge is -2.03. The lowest BCUT2D eigenvalue weighted by molar-refractivity contribution is -0.385. The van der Waals surface area contributed by atoms with Crippen molar-refractivity contribution in [2.45, 2.75) is 5.92 Å². The Labute approximate surface area is 169 Å². The quantitative estimate of drug-likeness (QED) is 0.415. The molecule has 3 aromatic rings. The molecule has 1 aliphatic carbocycles. The molecule has 9 heteroatoms. The summed E-state index contributed by atoms with van der Waals surface area (Å²) in [5.41, 5.74) is 4.19. The van der Waals surface area contributed by atoms with E-state index in [-0.39, 0.29) is 23.0 Å². The average molecular weight is 403 g/mol. The van der Waals surface area contributed by atoms with Crippen LogP contribution >= 0.6 is 0 Å². The third-order valence-electron chi connectivity index (χ3n) is 5.00. The number of rotatable bonds is 6. The van der Waals surface area contributed by atoms with Crippen LogP contribution in [0.3, 0.4) is 0 Å². The average Bonchev–Trinajstić information content (AvgIpc) is 3.49.